The van der Waals surface area contributed by atoms with Crippen molar-refractivity contribution in [2.75, 3.05) is 6.54 Å². The van der Waals surface area contributed by atoms with Crippen LogP contribution in [-0.2, 0) is 4.79 Å². The topological polar surface area (TPSA) is 33.2 Å². The van der Waals surface area contributed by atoms with Crippen LogP contribution in [0, 0.1) is 5.92 Å². The minimum absolute atomic E-state index is 0.218. The highest BCUT2D eigenvalue weighted by Crippen LogP contribution is 2.38. The van der Waals surface area contributed by atoms with Gasteiger partial charge < -0.3 is 4.90 Å². The van der Waals surface area contributed by atoms with Gasteiger partial charge in [0.05, 0.1) is 16.3 Å². The molecule has 0 radical (unpaired) electrons. The van der Waals surface area contributed by atoms with Gasteiger partial charge in [-0.15, -0.1) is 11.3 Å². The molecule has 1 atom stereocenters. The van der Waals surface area contributed by atoms with E-state index in [1.807, 2.05) is 6.07 Å². The zero-order valence-corrected chi connectivity index (χ0v) is 12.9. The first kappa shape index (κ1) is 13.3. The number of carbonyl (C=O) groups is 1. The number of carbonyl (C=O) groups excluding carboxylic acids is 1. The highest BCUT2D eigenvalue weighted by molar-refractivity contribution is 7.18. The van der Waals surface area contributed by atoms with Gasteiger partial charge in [-0.2, -0.15) is 0 Å². The number of hydrogen-bond donors (Lipinski definition) is 0. The summed E-state index contributed by atoms with van der Waals surface area (Å²) in [6.07, 6.45) is 6.78. The molecular weight excluding hydrogens is 280 g/mol. The average Bonchev–Trinajstić information content (AvgIpc) is 3.24. The molecule has 2 aromatic rings. The van der Waals surface area contributed by atoms with Crippen molar-refractivity contribution in [1.82, 2.24) is 9.88 Å². The summed E-state index contributed by atoms with van der Waals surface area (Å²) in [6, 6.07) is 8.49. The van der Waals surface area contributed by atoms with E-state index in [1.54, 1.807) is 11.3 Å². The molecule has 110 valence electrons. The molecular formula is C17H20N2OS. The van der Waals surface area contributed by atoms with Gasteiger partial charge in [0.1, 0.15) is 5.01 Å². The summed E-state index contributed by atoms with van der Waals surface area (Å²) < 4.78 is 1.23. The third kappa shape index (κ3) is 2.35. The summed E-state index contributed by atoms with van der Waals surface area (Å²) in [4.78, 5) is 19.6. The number of hydrogen-bond acceptors (Lipinski definition) is 3. The number of amides is 1. The van der Waals surface area contributed by atoms with E-state index in [4.69, 9.17) is 4.98 Å². The van der Waals surface area contributed by atoms with Crippen molar-refractivity contribution >= 4 is 27.5 Å². The zero-order chi connectivity index (χ0) is 14.2. The highest BCUT2D eigenvalue weighted by atomic mass is 32.1. The number of thiazole rings is 1. The first-order chi connectivity index (χ1) is 10.3. The van der Waals surface area contributed by atoms with Gasteiger partial charge in [0.2, 0.25) is 5.91 Å². The van der Waals surface area contributed by atoms with Crippen LogP contribution < -0.4 is 0 Å². The average molecular weight is 300 g/mol. The van der Waals surface area contributed by atoms with Crippen LogP contribution in [-0.4, -0.2) is 22.3 Å². The number of para-hydroxylation sites is 1. The summed E-state index contributed by atoms with van der Waals surface area (Å²) >= 11 is 1.75. The van der Waals surface area contributed by atoms with E-state index in [1.165, 1.54) is 17.5 Å². The first-order valence-electron chi connectivity index (χ1n) is 7.99. The number of aromatic nitrogens is 1. The molecule has 2 fully saturated rings. The molecule has 1 saturated carbocycles. The predicted octanol–water partition coefficient (Wildman–Crippen LogP) is 4.15. The lowest BCUT2D eigenvalue weighted by Crippen LogP contribution is -2.34. The van der Waals surface area contributed by atoms with Crippen molar-refractivity contribution in [3.63, 3.8) is 0 Å². The number of likely N-dealkylation sites (tertiary alicyclic amines) is 1. The molecule has 3 nitrogen and oxygen atoms in total. The second kappa shape index (κ2) is 5.41. The van der Waals surface area contributed by atoms with Crippen molar-refractivity contribution in [3.8, 4) is 0 Å². The Balaban J connectivity index is 1.62. The van der Waals surface area contributed by atoms with E-state index in [-0.39, 0.29) is 12.0 Å². The van der Waals surface area contributed by atoms with Gasteiger partial charge in [0.15, 0.2) is 0 Å². The maximum atomic E-state index is 12.7. The van der Waals surface area contributed by atoms with Gasteiger partial charge in [-0.1, -0.05) is 25.0 Å². The molecule has 1 aromatic carbocycles. The first-order valence-corrected chi connectivity index (χ1v) is 8.80. The highest BCUT2D eigenvalue weighted by Gasteiger charge is 2.36. The van der Waals surface area contributed by atoms with E-state index >= 15 is 0 Å². The Kier molecular flexibility index (Phi) is 3.42. The molecule has 0 spiro atoms. The fourth-order valence-corrected chi connectivity index (χ4v) is 4.84. The van der Waals surface area contributed by atoms with E-state index in [0.717, 1.165) is 42.8 Å². The second-order valence-corrected chi connectivity index (χ2v) is 7.25. The molecule has 4 heteroatoms. The van der Waals surface area contributed by atoms with Crippen molar-refractivity contribution in [3.05, 3.63) is 29.3 Å². The Hall–Kier alpha value is -1.42. The molecule has 0 N–H and O–H groups in total. The molecule has 0 bridgehead atoms. The number of benzene rings is 1. The monoisotopic (exact) mass is 300 g/mol. The summed E-state index contributed by atoms with van der Waals surface area (Å²) in [7, 11) is 0. The molecule has 2 heterocycles. The Bertz CT molecular complexity index is 627. The van der Waals surface area contributed by atoms with Gasteiger partial charge in [-0.25, -0.2) is 4.98 Å². The smallest absolute Gasteiger partial charge is 0.226 e. The largest absolute Gasteiger partial charge is 0.333 e. The van der Waals surface area contributed by atoms with Crippen LogP contribution >= 0.6 is 11.3 Å². The molecule has 1 saturated heterocycles. The Labute approximate surface area is 129 Å². The Morgan fingerprint density at radius 3 is 2.76 bits per heavy atom. The molecule has 21 heavy (non-hydrogen) atoms. The third-order valence-corrected chi connectivity index (χ3v) is 5.97. The molecule has 2 aliphatic rings. The van der Waals surface area contributed by atoms with Gasteiger partial charge in [0.25, 0.3) is 0 Å². The van der Waals surface area contributed by atoms with Crippen LogP contribution in [0.15, 0.2) is 24.3 Å². The van der Waals surface area contributed by atoms with Crippen LogP contribution in [0.1, 0.15) is 49.6 Å². The lowest BCUT2D eigenvalue weighted by Gasteiger charge is -2.26. The molecule has 1 aromatic heterocycles. The standard InChI is InChI=1S/C17H20N2OS/c20-17(12-6-1-2-7-12)19-11-5-9-14(19)16-18-13-8-3-4-10-15(13)21-16/h3-4,8,10,12,14H,1-2,5-7,9,11H2/t14-/m1/s1. The summed E-state index contributed by atoms with van der Waals surface area (Å²) in [5.41, 5.74) is 1.07. The zero-order valence-electron chi connectivity index (χ0n) is 12.1. The van der Waals surface area contributed by atoms with Crippen molar-refractivity contribution in [1.29, 1.82) is 0 Å². The van der Waals surface area contributed by atoms with Crippen molar-refractivity contribution < 1.29 is 4.79 Å². The molecule has 1 amide bonds. The van der Waals surface area contributed by atoms with Gasteiger partial charge in [0, 0.05) is 12.5 Å². The quantitative estimate of drug-likeness (QED) is 0.834. The lowest BCUT2D eigenvalue weighted by atomic mass is 10.1. The molecule has 0 unspecified atom stereocenters. The Morgan fingerprint density at radius 1 is 1.14 bits per heavy atom. The van der Waals surface area contributed by atoms with Crippen LogP contribution in [0.3, 0.4) is 0 Å². The van der Waals surface area contributed by atoms with Crippen molar-refractivity contribution in [2.24, 2.45) is 5.92 Å². The third-order valence-electron chi connectivity index (χ3n) is 4.84. The molecule has 1 aliphatic carbocycles. The van der Waals surface area contributed by atoms with Gasteiger partial charge >= 0.3 is 0 Å². The van der Waals surface area contributed by atoms with Crippen LogP contribution in [0.25, 0.3) is 10.2 Å². The van der Waals surface area contributed by atoms with E-state index < -0.39 is 0 Å². The number of rotatable bonds is 2. The molecule has 1 aliphatic heterocycles. The lowest BCUT2D eigenvalue weighted by molar-refractivity contribution is -0.136. The fourth-order valence-electron chi connectivity index (χ4n) is 3.73. The number of fused-ring (bicyclic) bond motifs is 1. The van der Waals surface area contributed by atoms with Crippen LogP contribution in [0.2, 0.25) is 0 Å². The van der Waals surface area contributed by atoms with E-state index in [2.05, 4.69) is 23.1 Å². The number of nitrogens with zero attached hydrogens (tertiary/aromatic N) is 2. The van der Waals surface area contributed by atoms with E-state index in [0.29, 0.717) is 5.91 Å². The maximum Gasteiger partial charge on any atom is 0.226 e. The van der Waals surface area contributed by atoms with E-state index in [9.17, 15) is 4.79 Å². The normalized spacial score (nSPS) is 23.2. The summed E-state index contributed by atoms with van der Waals surface area (Å²) in [5, 5.41) is 1.13. The SMILES string of the molecule is O=C(C1CCCC1)N1CCC[C@@H]1c1nc2ccccc2s1. The second-order valence-electron chi connectivity index (χ2n) is 6.19. The summed E-state index contributed by atoms with van der Waals surface area (Å²) in [6.45, 7) is 0.913. The van der Waals surface area contributed by atoms with Crippen LogP contribution in [0.5, 0.6) is 0 Å². The molecule has 4 rings (SSSR count). The Morgan fingerprint density at radius 2 is 1.95 bits per heavy atom. The minimum Gasteiger partial charge on any atom is -0.333 e. The summed E-state index contributed by atoms with van der Waals surface area (Å²) in [5.74, 6) is 0.661. The van der Waals surface area contributed by atoms with Crippen molar-refractivity contribution in [2.45, 2.75) is 44.6 Å². The maximum absolute atomic E-state index is 12.7. The predicted molar refractivity (Wildman–Crippen MR) is 85.3 cm³/mol. The fraction of sp³-hybridized carbons (Fsp3) is 0.529. The van der Waals surface area contributed by atoms with Gasteiger partial charge in [-0.3, -0.25) is 4.79 Å². The minimum atomic E-state index is 0.218. The van der Waals surface area contributed by atoms with Gasteiger partial charge in [-0.05, 0) is 37.8 Å². The van der Waals surface area contributed by atoms with Crippen LogP contribution in [0.4, 0.5) is 0 Å².